The Bertz CT molecular complexity index is 575. The van der Waals surface area contributed by atoms with E-state index in [1.807, 2.05) is 31.2 Å². The molecule has 0 aliphatic heterocycles. The number of nitrogens with zero attached hydrogens (tertiary/aromatic N) is 2. The minimum absolute atomic E-state index is 0.151. The third-order valence-corrected chi connectivity index (χ3v) is 2.62. The number of rotatable bonds is 4. The van der Waals surface area contributed by atoms with Crippen molar-refractivity contribution in [2.24, 2.45) is 7.05 Å². The quantitative estimate of drug-likeness (QED) is 0.896. The van der Waals surface area contributed by atoms with Gasteiger partial charge < -0.3 is 9.84 Å². The number of para-hydroxylation sites is 1. The SMILES string of the molecule is Cc1ccccc1OCc1cc(C(=O)O)n(C)n1. The number of hydrogen-bond acceptors (Lipinski definition) is 3. The third kappa shape index (κ3) is 2.51. The lowest BCUT2D eigenvalue weighted by molar-refractivity contribution is 0.0685. The topological polar surface area (TPSA) is 64.3 Å². The Kier molecular flexibility index (Phi) is 3.32. The summed E-state index contributed by atoms with van der Waals surface area (Å²) in [5, 5.41) is 13.0. The molecule has 94 valence electrons. The molecule has 0 fully saturated rings. The maximum absolute atomic E-state index is 10.9. The van der Waals surface area contributed by atoms with Crippen LogP contribution in [0.5, 0.6) is 5.75 Å². The monoisotopic (exact) mass is 246 g/mol. The number of carboxylic acid groups (broad SMARTS) is 1. The summed E-state index contributed by atoms with van der Waals surface area (Å²) < 4.78 is 6.93. The van der Waals surface area contributed by atoms with Crippen molar-refractivity contribution in [1.82, 2.24) is 9.78 Å². The Morgan fingerprint density at radius 2 is 2.17 bits per heavy atom. The molecule has 2 rings (SSSR count). The second-order valence-electron chi connectivity index (χ2n) is 4.00. The zero-order chi connectivity index (χ0) is 13.1. The predicted octanol–water partition coefficient (Wildman–Crippen LogP) is 2.01. The number of benzene rings is 1. The van der Waals surface area contributed by atoms with E-state index >= 15 is 0 Å². The summed E-state index contributed by atoms with van der Waals surface area (Å²) >= 11 is 0. The minimum Gasteiger partial charge on any atom is -0.487 e. The molecule has 0 unspecified atom stereocenters. The number of aromatic nitrogens is 2. The molecule has 0 aliphatic rings. The molecule has 2 aromatic rings. The highest BCUT2D eigenvalue weighted by Gasteiger charge is 2.12. The number of carbonyl (C=O) groups is 1. The van der Waals surface area contributed by atoms with Gasteiger partial charge in [-0.1, -0.05) is 18.2 Å². The lowest BCUT2D eigenvalue weighted by Gasteiger charge is -2.06. The maximum Gasteiger partial charge on any atom is 0.354 e. The molecule has 0 saturated carbocycles. The van der Waals surface area contributed by atoms with Gasteiger partial charge >= 0.3 is 5.97 Å². The number of hydrogen-bond donors (Lipinski definition) is 1. The van der Waals surface area contributed by atoms with E-state index in [1.54, 1.807) is 7.05 Å². The van der Waals surface area contributed by atoms with Crippen LogP contribution in [0.1, 0.15) is 21.7 Å². The second kappa shape index (κ2) is 4.91. The summed E-state index contributed by atoms with van der Waals surface area (Å²) in [4.78, 5) is 10.9. The number of ether oxygens (including phenoxy) is 1. The molecule has 5 heteroatoms. The van der Waals surface area contributed by atoms with Crippen LogP contribution in [0, 0.1) is 6.92 Å². The van der Waals surface area contributed by atoms with E-state index in [0.29, 0.717) is 5.69 Å². The normalized spacial score (nSPS) is 10.3. The van der Waals surface area contributed by atoms with Gasteiger partial charge in [0.1, 0.15) is 23.7 Å². The largest absolute Gasteiger partial charge is 0.487 e. The fourth-order valence-corrected chi connectivity index (χ4v) is 1.67. The van der Waals surface area contributed by atoms with E-state index in [2.05, 4.69) is 5.10 Å². The van der Waals surface area contributed by atoms with Gasteiger partial charge in [0.15, 0.2) is 0 Å². The minimum atomic E-state index is -0.993. The van der Waals surface area contributed by atoms with Crippen LogP contribution < -0.4 is 4.74 Å². The van der Waals surface area contributed by atoms with Gasteiger partial charge in [-0.3, -0.25) is 4.68 Å². The molecule has 1 aromatic heterocycles. The van der Waals surface area contributed by atoms with Gasteiger partial charge in [0, 0.05) is 7.05 Å². The summed E-state index contributed by atoms with van der Waals surface area (Å²) in [6, 6.07) is 9.17. The Labute approximate surface area is 105 Å². The first-order chi connectivity index (χ1) is 8.58. The van der Waals surface area contributed by atoms with E-state index in [4.69, 9.17) is 9.84 Å². The smallest absolute Gasteiger partial charge is 0.354 e. The van der Waals surface area contributed by atoms with E-state index in [9.17, 15) is 4.79 Å². The van der Waals surface area contributed by atoms with Gasteiger partial charge in [-0.15, -0.1) is 0 Å². The van der Waals surface area contributed by atoms with Crippen molar-refractivity contribution in [2.45, 2.75) is 13.5 Å². The van der Waals surface area contributed by atoms with Crippen molar-refractivity contribution in [3.63, 3.8) is 0 Å². The number of carboxylic acids is 1. The maximum atomic E-state index is 10.9. The lowest BCUT2D eigenvalue weighted by atomic mass is 10.2. The number of aryl methyl sites for hydroxylation is 2. The molecule has 1 heterocycles. The van der Waals surface area contributed by atoms with Crippen molar-refractivity contribution in [3.8, 4) is 5.75 Å². The lowest BCUT2D eigenvalue weighted by Crippen LogP contribution is -2.05. The van der Waals surface area contributed by atoms with E-state index in [0.717, 1.165) is 11.3 Å². The van der Waals surface area contributed by atoms with Gasteiger partial charge in [0.2, 0.25) is 0 Å². The van der Waals surface area contributed by atoms with Gasteiger partial charge in [-0.05, 0) is 24.6 Å². The van der Waals surface area contributed by atoms with Crippen LogP contribution in [-0.4, -0.2) is 20.9 Å². The predicted molar refractivity (Wildman–Crippen MR) is 65.7 cm³/mol. The van der Waals surface area contributed by atoms with Crippen LogP contribution in [0.2, 0.25) is 0 Å². The molecule has 1 N–H and O–H groups in total. The van der Waals surface area contributed by atoms with Gasteiger partial charge in [-0.2, -0.15) is 5.10 Å². The highest BCUT2D eigenvalue weighted by molar-refractivity contribution is 5.85. The summed E-state index contributed by atoms with van der Waals surface area (Å²) in [5.41, 5.74) is 1.78. The summed E-state index contributed by atoms with van der Waals surface area (Å²) in [6.45, 7) is 2.21. The molecule has 0 bridgehead atoms. The molecule has 0 spiro atoms. The van der Waals surface area contributed by atoms with Crippen LogP contribution in [0.25, 0.3) is 0 Å². The van der Waals surface area contributed by atoms with Crippen molar-refractivity contribution < 1.29 is 14.6 Å². The zero-order valence-corrected chi connectivity index (χ0v) is 10.3. The average molecular weight is 246 g/mol. The Balaban J connectivity index is 2.09. The first kappa shape index (κ1) is 12.2. The standard InChI is InChI=1S/C13H14N2O3/c1-9-5-3-4-6-12(9)18-8-10-7-11(13(16)17)15(2)14-10/h3-7H,8H2,1-2H3,(H,16,17). The molecular weight excluding hydrogens is 232 g/mol. The van der Waals surface area contributed by atoms with Gasteiger partial charge in [-0.25, -0.2) is 4.79 Å². The molecule has 0 saturated heterocycles. The van der Waals surface area contributed by atoms with E-state index in [-0.39, 0.29) is 12.3 Å². The molecule has 0 aliphatic carbocycles. The van der Waals surface area contributed by atoms with Crippen LogP contribution in [-0.2, 0) is 13.7 Å². The Hall–Kier alpha value is -2.30. The molecule has 0 radical (unpaired) electrons. The van der Waals surface area contributed by atoms with Crippen LogP contribution in [0.3, 0.4) is 0 Å². The molecule has 0 atom stereocenters. The van der Waals surface area contributed by atoms with Crippen molar-refractivity contribution in [2.75, 3.05) is 0 Å². The molecule has 1 aromatic carbocycles. The van der Waals surface area contributed by atoms with Crippen molar-refractivity contribution in [3.05, 3.63) is 47.3 Å². The number of aromatic carboxylic acids is 1. The van der Waals surface area contributed by atoms with Gasteiger partial charge in [0.05, 0.1) is 0 Å². The average Bonchev–Trinajstić information content (AvgIpc) is 2.70. The second-order valence-corrected chi connectivity index (χ2v) is 4.00. The molecule has 18 heavy (non-hydrogen) atoms. The Morgan fingerprint density at radius 3 is 2.78 bits per heavy atom. The zero-order valence-electron chi connectivity index (χ0n) is 10.3. The van der Waals surface area contributed by atoms with E-state index in [1.165, 1.54) is 10.7 Å². The molecular formula is C13H14N2O3. The summed E-state index contributed by atoms with van der Waals surface area (Å²) in [6.07, 6.45) is 0. The van der Waals surface area contributed by atoms with Crippen LogP contribution in [0.4, 0.5) is 0 Å². The highest BCUT2D eigenvalue weighted by atomic mass is 16.5. The first-order valence-electron chi connectivity index (χ1n) is 5.52. The Morgan fingerprint density at radius 1 is 1.44 bits per heavy atom. The third-order valence-electron chi connectivity index (χ3n) is 2.62. The van der Waals surface area contributed by atoms with Crippen molar-refractivity contribution in [1.29, 1.82) is 0 Å². The van der Waals surface area contributed by atoms with Crippen molar-refractivity contribution >= 4 is 5.97 Å². The molecule has 5 nitrogen and oxygen atoms in total. The molecule has 0 amide bonds. The van der Waals surface area contributed by atoms with Gasteiger partial charge in [0.25, 0.3) is 0 Å². The fourth-order valence-electron chi connectivity index (χ4n) is 1.67. The van der Waals surface area contributed by atoms with E-state index < -0.39 is 5.97 Å². The first-order valence-corrected chi connectivity index (χ1v) is 5.52. The van der Waals surface area contributed by atoms with Crippen LogP contribution >= 0.6 is 0 Å². The summed E-state index contributed by atoms with van der Waals surface area (Å²) in [7, 11) is 1.60. The summed E-state index contributed by atoms with van der Waals surface area (Å²) in [5.74, 6) is -0.216. The fraction of sp³-hybridized carbons (Fsp3) is 0.231. The highest BCUT2D eigenvalue weighted by Crippen LogP contribution is 2.17. The van der Waals surface area contributed by atoms with Crippen LogP contribution in [0.15, 0.2) is 30.3 Å².